The number of rotatable bonds is 6. The van der Waals surface area contributed by atoms with Gasteiger partial charge in [-0.15, -0.1) is 5.10 Å². The third-order valence-corrected chi connectivity index (χ3v) is 6.03. The highest BCUT2D eigenvalue weighted by atomic mass is 16.5. The lowest BCUT2D eigenvalue weighted by Gasteiger charge is -2.38. The highest BCUT2D eigenvalue weighted by Gasteiger charge is 2.37. The van der Waals surface area contributed by atoms with E-state index in [2.05, 4.69) is 10.3 Å². The topological polar surface area (TPSA) is 111 Å². The predicted molar refractivity (Wildman–Crippen MR) is 118 cm³/mol. The number of furan rings is 1. The summed E-state index contributed by atoms with van der Waals surface area (Å²) >= 11 is 0. The third kappa shape index (κ3) is 4.74. The van der Waals surface area contributed by atoms with Gasteiger partial charge in [-0.05, 0) is 36.6 Å². The van der Waals surface area contributed by atoms with E-state index < -0.39 is 12.0 Å². The molecule has 3 aromatic rings. The molecule has 4 rings (SSSR count). The number of benzene rings is 1. The van der Waals surface area contributed by atoms with Gasteiger partial charge in [-0.3, -0.25) is 14.3 Å². The summed E-state index contributed by atoms with van der Waals surface area (Å²) in [4.78, 5) is 40.7. The van der Waals surface area contributed by atoms with Crippen molar-refractivity contribution in [3.05, 3.63) is 48.0 Å². The predicted octanol–water partition coefficient (Wildman–Crippen LogP) is 2.06. The summed E-state index contributed by atoms with van der Waals surface area (Å²) < 4.78 is 12.2. The van der Waals surface area contributed by atoms with E-state index >= 15 is 0 Å². The van der Waals surface area contributed by atoms with Gasteiger partial charge in [0.2, 0.25) is 5.91 Å². The second-order valence-corrected chi connectivity index (χ2v) is 8.38. The molecule has 2 aromatic heterocycles. The zero-order valence-electron chi connectivity index (χ0n) is 18.9. The van der Waals surface area contributed by atoms with Gasteiger partial charge in [0.15, 0.2) is 5.76 Å². The summed E-state index contributed by atoms with van der Waals surface area (Å²) in [6, 6.07) is 6.93. The second kappa shape index (κ2) is 9.43. The fourth-order valence-electron chi connectivity index (χ4n) is 4.25. The minimum atomic E-state index is -0.600. The van der Waals surface area contributed by atoms with Crippen molar-refractivity contribution in [3.8, 4) is 0 Å². The number of amides is 2. The van der Waals surface area contributed by atoms with Gasteiger partial charge in [0.1, 0.15) is 11.6 Å². The zero-order valence-corrected chi connectivity index (χ0v) is 18.9. The number of hydrogen-bond donors (Lipinski definition) is 0. The summed E-state index contributed by atoms with van der Waals surface area (Å²) in [5.41, 5.74) is 1.66. The lowest BCUT2D eigenvalue weighted by Crippen LogP contribution is -2.50. The molecule has 2 amide bonds. The van der Waals surface area contributed by atoms with Crippen LogP contribution in [0.5, 0.6) is 0 Å². The van der Waals surface area contributed by atoms with Gasteiger partial charge in [0.05, 0.1) is 19.9 Å². The van der Waals surface area contributed by atoms with Crippen molar-refractivity contribution in [2.24, 2.45) is 0 Å². The van der Waals surface area contributed by atoms with Crippen molar-refractivity contribution in [1.82, 2.24) is 24.8 Å². The normalized spacial score (nSPS) is 18.3. The Kier molecular flexibility index (Phi) is 6.43. The summed E-state index contributed by atoms with van der Waals surface area (Å²) in [6.45, 7) is 0.792. The number of likely N-dealkylation sites (tertiary alicyclic amines) is 1. The first-order chi connectivity index (χ1) is 15.9. The van der Waals surface area contributed by atoms with Crippen LogP contribution in [0.25, 0.3) is 11.0 Å². The van der Waals surface area contributed by atoms with Crippen LogP contribution in [0, 0.1) is 0 Å². The molecule has 1 aromatic carbocycles. The van der Waals surface area contributed by atoms with E-state index in [1.807, 2.05) is 18.2 Å². The van der Waals surface area contributed by atoms with E-state index in [-0.39, 0.29) is 29.9 Å². The Morgan fingerprint density at radius 3 is 2.73 bits per heavy atom. The molecule has 1 saturated heterocycles. The summed E-state index contributed by atoms with van der Waals surface area (Å²) in [6.07, 6.45) is 4.71. The molecule has 33 heavy (non-hydrogen) atoms. The molecule has 0 radical (unpaired) electrons. The Labute approximate surface area is 191 Å². The van der Waals surface area contributed by atoms with E-state index in [0.717, 1.165) is 17.4 Å². The monoisotopic (exact) mass is 453 g/mol. The van der Waals surface area contributed by atoms with Gasteiger partial charge in [-0.25, -0.2) is 4.79 Å². The highest BCUT2D eigenvalue weighted by molar-refractivity contribution is 5.96. The Hall–Kier alpha value is -3.69. The number of ether oxygens (including phenoxy) is 1. The molecule has 1 fully saturated rings. The van der Waals surface area contributed by atoms with Crippen molar-refractivity contribution < 1.29 is 23.5 Å². The van der Waals surface area contributed by atoms with Gasteiger partial charge in [0.25, 0.3) is 5.91 Å². The Bertz CT molecular complexity index is 1150. The zero-order chi connectivity index (χ0) is 23.5. The number of carbonyl (C=O) groups is 3. The number of piperidine rings is 1. The van der Waals surface area contributed by atoms with Gasteiger partial charge < -0.3 is 19.0 Å². The molecule has 3 heterocycles. The average Bonchev–Trinajstić information content (AvgIpc) is 3.50. The summed E-state index contributed by atoms with van der Waals surface area (Å²) in [7, 11) is 4.69. The second-order valence-electron chi connectivity index (χ2n) is 8.38. The maximum atomic E-state index is 13.1. The lowest BCUT2D eigenvalue weighted by atomic mass is 9.86. The lowest BCUT2D eigenvalue weighted by molar-refractivity contribution is -0.155. The number of carbonyl (C=O) groups excluding carboxylic acids is 3. The summed E-state index contributed by atoms with van der Waals surface area (Å²) in [5, 5.41) is 8.47. The molecule has 174 valence electrons. The Morgan fingerprint density at radius 1 is 1.21 bits per heavy atom. The van der Waals surface area contributed by atoms with Crippen molar-refractivity contribution in [2.45, 2.75) is 37.8 Å². The minimum Gasteiger partial charge on any atom is -0.467 e. The van der Waals surface area contributed by atoms with Crippen LogP contribution in [0.1, 0.15) is 41.3 Å². The van der Waals surface area contributed by atoms with Crippen LogP contribution >= 0.6 is 0 Å². The molecule has 0 N–H and O–H groups in total. The first kappa shape index (κ1) is 22.5. The smallest absolute Gasteiger partial charge is 0.328 e. The van der Waals surface area contributed by atoms with Crippen molar-refractivity contribution in [2.75, 3.05) is 27.7 Å². The molecule has 0 spiro atoms. The molecular formula is C23H27N5O5. The number of hydrogen-bond acceptors (Lipinski definition) is 7. The van der Waals surface area contributed by atoms with Crippen LogP contribution in [0.3, 0.4) is 0 Å². The van der Waals surface area contributed by atoms with Gasteiger partial charge >= 0.3 is 5.97 Å². The molecule has 1 aliphatic heterocycles. The van der Waals surface area contributed by atoms with Gasteiger partial charge in [-0.2, -0.15) is 0 Å². The van der Waals surface area contributed by atoms with Crippen molar-refractivity contribution in [3.63, 3.8) is 0 Å². The average molecular weight is 453 g/mol. The molecule has 1 unspecified atom stereocenters. The molecular weight excluding hydrogens is 426 g/mol. The molecule has 1 aliphatic rings. The molecule has 2 atom stereocenters. The maximum absolute atomic E-state index is 13.1. The number of methoxy groups -OCH3 is 1. The first-order valence-corrected chi connectivity index (χ1v) is 10.8. The fraction of sp³-hybridized carbons (Fsp3) is 0.435. The number of fused-ring (bicyclic) bond motifs is 1. The SMILES string of the molecule is COC(=O)[C@@H]1CCC(c2ccc3oc(C(=O)N(C)C)cc3c2)CN1C(=O)CCn1ccnn1. The van der Waals surface area contributed by atoms with Crippen LogP contribution < -0.4 is 0 Å². The number of aryl methyl sites for hydroxylation is 1. The van der Waals surface area contributed by atoms with Crippen molar-refractivity contribution in [1.29, 1.82) is 0 Å². The van der Waals surface area contributed by atoms with Crippen LogP contribution in [0.15, 0.2) is 41.1 Å². The summed E-state index contributed by atoms with van der Waals surface area (Å²) in [5.74, 6) is -0.399. The van der Waals surface area contributed by atoms with Gasteiger partial charge in [-0.1, -0.05) is 11.3 Å². The molecule has 0 saturated carbocycles. The largest absolute Gasteiger partial charge is 0.467 e. The highest BCUT2D eigenvalue weighted by Crippen LogP contribution is 2.33. The quantitative estimate of drug-likeness (QED) is 0.525. The number of esters is 1. The molecule has 10 heteroatoms. The van der Waals surface area contributed by atoms with E-state index in [0.29, 0.717) is 25.1 Å². The van der Waals surface area contributed by atoms with E-state index in [1.54, 1.807) is 42.1 Å². The number of aromatic nitrogens is 3. The standard InChI is InChI=1S/C23H27N5O5/c1-26(2)22(30)20-13-17-12-15(5-7-19(17)33-20)16-4-6-18(23(31)32-3)28(14-16)21(29)8-10-27-11-9-24-25-27/h5,7,9,11-13,16,18H,4,6,8,10,14H2,1-3H3/t16?,18-/m0/s1. The van der Waals surface area contributed by atoms with Crippen LogP contribution in [0.2, 0.25) is 0 Å². The van der Waals surface area contributed by atoms with Crippen molar-refractivity contribution >= 4 is 28.8 Å². The maximum Gasteiger partial charge on any atom is 0.328 e. The molecule has 0 bridgehead atoms. The van der Waals surface area contributed by atoms with Crippen LogP contribution in [-0.2, 0) is 20.9 Å². The Balaban J connectivity index is 1.54. The van der Waals surface area contributed by atoms with Gasteiger partial charge in [0, 0.05) is 44.6 Å². The fourth-order valence-corrected chi connectivity index (χ4v) is 4.25. The van der Waals surface area contributed by atoms with E-state index in [4.69, 9.17) is 9.15 Å². The molecule has 10 nitrogen and oxygen atoms in total. The molecule has 0 aliphatic carbocycles. The van der Waals surface area contributed by atoms with E-state index in [9.17, 15) is 14.4 Å². The first-order valence-electron chi connectivity index (χ1n) is 10.8. The Morgan fingerprint density at radius 2 is 2.03 bits per heavy atom. The number of nitrogens with zero attached hydrogens (tertiary/aromatic N) is 5. The third-order valence-electron chi connectivity index (χ3n) is 6.03. The van der Waals surface area contributed by atoms with E-state index in [1.165, 1.54) is 12.0 Å². The van der Waals surface area contributed by atoms with Crippen LogP contribution in [-0.4, -0.2) is 76.4 Å². The van der Waals surface area contributed by atoms with Crippen LogP contribution in [0.4, 0.5) is 0 Å². The minimum absolute atomic E-state index is 0.0496.